The lowest BCUT2D eigenvalue weighted by molar-refractivity contribution is 0.0642. The lowest BCUT2D eigenvalue weighted by Gasteiger charge is -2.13. The number of nitrogens with zero attached hydrogens (tertiary/aromatic N) is 1. The van der Waals surface area contributed by atoms with E-state index in [1.807, 2.05) is 0 Å². The summed E-state index contributed by atoms with van der Waals surface area (Å²) in [4.78, 5) is 25.8. The van der Waals surface area contributed by atoms with E-state index in [4.69, 9.17) is 0 Å². The third kappa shape index (κ3) is 2.34. The van der Waals surface area contributed by atoms with Gasteiger partial charge in [-0.2, -0.15) is 0 Å². The molecule has 0 radical (unpaired) electrons. The lowest BCUT2D eigenvalue weighted by Crippen LogP contribution is -2.29. The Labute approximate surface area is 122 Å². The molecule has 0 saturated heterocycles. The van der Waals surface area contributed by atoms with Crippen molar-refractivity contribution in [3.8, 4) is 0 Å². The first-order chi connectivity index (χ1) is 10.1. The minimum Gasteiger partial charge on any atom is -0.270 e. The standard InChI is InChI=1S/C15H11NO4S/c17-14-12-3-1-2-4-13(12)15(18)16(14)9-10-5-7-11(8-6-10)21(19)20/h1-8,21H,9H2. The zero-order chi connectivity index (χ0) is 15.0. The third-order valence-electron chi connectivity index (χ3n) is 3.37. The number of benzene rings is 2. The van der Waals surface area contributed by atoms with Crippen molar-refractivity contribution in [3.05, 3.63) is 65.2 Å². The van der Waals surface area contributed by atoms with Gasteiger partial charge in [0.25, 0.3) is 11.8 Å². The fourth-order valence-corrected chi connectivity index (χ4v) is 2.68. The predicted molar refractivity (Wildman–Crippen MR) is 75.7 cm³/mol. The summed E-state index contributed by atoms with van der Waals surface area (Å²) in [6, 6.07) is 12.8. The summed E-state index contributed by atoms with van der Waals surface area (Å²) in [5, 5.41) is 0. The van der Waals surface area contributed by atoms with E-state index in [1.54, 1.807) is 36.4 Å². The first-order valence-corrected chi connectivity index (χ1v) is 7.44. The van der Waals surface area contributed by atoms with Crippen LogP contribution in [-0.2, 0) is 17.2 Å². The van der Waals surface area contributed by atoms with Gasteiger partial charge in [0.15, 0.2) is 10.7 Å². The minimum atomic E-state index is -2.63. The van der Waals surface area contributed by atoms with E-state index in [-0.39, 0.29) is 23.3 Å². The van der Waals surface area contributed by atoms with Crippen molar-refractivity contribution in [2.75, 3.05) is 0 Å². The van der Waals surface area contributed by atoms with Gasteiger partial charge in [-0.3, -0.25) is 14.5 Å². The molecule has 21 heavy (non-hydrogen) atoms. The Morgan fingerprint density at radius 1 is 0.810 bits per heavy atom. The van der Waals surface area contributed by atoms with Crippen LogP contribution in [0.25, 0.3) is 0 Å². The molecule has 0 fully saturated rings. The average molecular weight is 301 g/mol. The molecule has 0 aliphatic carbocycles. The van der Waals surface area contributed by atoms with Crippen LogP contribution in [0.1, 0.15) is 26.3 Å². The van der Waals surface area contributed by atoms with Crippen molar-refractivity contribution in [3.63, 3.8) is 0 Å². The molecule has 0 saturated carbocycles. The molecule has 0 bridgehead atoms. The van der Waals surface area contributed by atoms with Crippen LogP contribution < -0.4 is 0 Å². The van der Waals surface area contributed by atoms with Crippen LogP contribution >= 0.6 is 0 Å². The van der Waals surface area contributed by atoms with Crippen LogP contribution in [0.15, 0.2) is 53.4 Å². The molecule has 1 aliphatic rings. The first-order valence-electron chi connectivity index (χ1n) is 6.26. The predicted octanol–water partition coefficient (Wildman–Crippen LogP) is 1.45. The number of hydrogen-bond acceptors (Lipinski definition) is 4. The molecule has 0 unspecified atom stereocenters. The second-order valence-corrected chi connectivity index (χ2v) is 5.70. The topological polar surface area (TPSA) is 71.5 Å². The van der Waals surface area contributed by atoms with Crippen molar-refractivity contribution in [2.24, 2.45) is 0 Å². The van der Waals surface area contributed by atoms with Crippen LogP contribution in [-0.4, -0.2) is 25.1 Å². The SMILES string of the molecule is O=C1c2ccccc2C(=O)N1Cc1ccc([SH](=O)=O)cc1. The Morgan fingerprint density at radius 2 is 1.33 bits per heavy atom. The second-order valence-electron chi connectivity index (χ2n) is 4.67. The van der Waals surface area contributed by atoms with E-state index in [0.717, 1.165) is 4.90 Å². The van der Waals surface area contributed by atoms with Crippen LogP contribution in [0.2, 0.25) is 0 Å². The molecule has 0 atom stereocenters. The van der Waals surface area contributed by atoms with Gasteiger partial charge in [-0.1, -0.05) is 24.3 Å². The zero-order valence-electron chi connectivity index (χ0n) is 10.9. The maximum atomic E-state index is 12.2. The molecule has 5 nitrogen and oxygen atoms in total. The third-order valence-corrected chi connectivity index (χ3v) is 4.09. The van der Waals surface area contributed by atoms with Crippen LogP contribution in [0, 0.1) is 0 Å². The number of carbonyl (C=O) groups excluding carboxylic acids is 2. The highest BCUT2D eigenvalue weighted by Crippen LogP contribution is 2.24. The van der Waals surface area contributed by atoms with Gasteiger partial charge in [0.2, 0.25) is 0 Å². The smallest absolute Gasteiger partial charge is 0.261 e. The number of thiol groups is 1. The molecule has 2 aromatic carbocycles. The Hall–Kier alpha value is -2.47. The van der Waals surface area contributed by atoms with E-state index in [2.05, 4.69) is 0 Å². The summed E-state index contributed by atoms with van der Waals surface area (Å²) >= 11 is 0. The van der Waals surface area contributed by atoms with Gasteiger partial charge in [0.05, 0.1) is 22.6 Å². The summed E-state index contributed by atoms with van der Waals surface area (Å²) in [7, 11) is -2.63. The van der Waals surface area contributed by atoms with Crippen molar-refractivity contribution < 1.29 is 18.0 Å². The van der Waals surface area contributed by atoms with Crippen molar-refractivity contribution >= 4 is 22.5 Å². The van der Waals surface area contributed by atoms with Crippen molar-refractivity contribution in [1.82, 2.24) is 4.90 Å². The summed E-state index contributed by atoms with van der Waals surface area (Å²) in [6.45, 7) is 0.127. The normalized spacial score (nSPS) is 13.9. The quantitative estimate of drug-likeness (QED) is 0.688. The van der Waals surface area contributed by atoms with E-state index >= 15 is 0 Å². The molecule has 0 spiro atoms. The maximum absolute atomic E-state index is 12.2. The van der Waals surface area contributed by atoms with Gasteiger partial charge in [-0.25, -0.2) is 8.42 Å². The summed E-state index contributed by atoms with van der Waals surface area (Å²) in [5.41, 5.74) is 1.51. The number of hydrogen-bond donors (Lipinski definition) is 1. The molecule has 3 rings (SSSR count). The van der Waals surface area contributed by atoms with Gasteiger partial charge < -0.3 is 0 Å². The van der Waals surface area contributed by atoms with E-state index in [9.17, 15) is 18.0 Å². The average Bonchev–Trinajstić information content (AvgIpc) is 2.73. The lowest BCUT2D eigenvalue weighted by atomic mass is 10.1. The number of carbonyl (C=O) groups is 2. The number of fused-ring (bicyclic) bond motifs is 1. The highest BCUT2D eigenvalue weighted by molar-refractivity contribution is 7.72. The van der Waals surface area contributed by atoms with Crippen molar-refractivity contribution in [2.45, 2.75) is 11.4 Å². The zero-order valence-corrected chi connectivity index (χ0v) is 11.7. The Kier molecular flexibility index (Phi) is 3.31. The van der Waals surface area contributed by atoms with Gasteiger partial charge >= 0.3 is 0 Å². The fourth-order valence-electron chi connectivity index (χ4n) is 2.29. The van der Waals surface area contributed by atoms with Gasteiger partial charge in [-0.05, 0) is 29.8 Å². The molecule has 0 aromatic heterocycles. The van der Waals surface area contributed by atoms with E-state index < -0.39 is 10.7 Å². The molecular formula is C15H11NO4S. The summed E-state index contributed by atoms with van der Waals surface area (Å²) in [5.74, 6) is -0.649. The molecule has 1 aliphatic heterocycles. The number of amides is 2. The molecule has 2 aromatic rings. The van der Waals surface area contributed by atoms with Gasteiger partial charge in [-0.15, -0.1) is 0 Å². The fraction of sp³-hybridized carbons (Fsp3) is 0.0667. The molecule has 6 heteroatoms. The first kappa shape index (κ1) is 13.5. The van der Waals surface area contributed by atoms with Crippen LogP contribution in [0.3, 0.4) is 0 Å². The minimum absolute atomic E-state index is 0.127. The summed E-state index contributed by atoms with van der Waals surface area (Å²) in [6.07, 6.45) is 0. The molecular weight excluding hydrogens is 290 g/mol. The van der Waals surface area contributed by atoms with Gasteiger partial charge in [0.1, 0.15) is 0 Å². The highest BCUT2D eigenvalue weighted by atomic mass is 32.2. The molecule has 106 valence electrons. The van der Waals surface area contributed by atoms with Crippen LogP contribution in [0.4, 0.5) is 0 Å². The van der Waals surface area contributed by atoms with Crippen molar-refractivity contribution in [1.29, 1.82) is 0 Å². The largest absolute Gasteiger partial charge is 0.270 e. The Balaban J connectivity index is 1.87. The second kappa shape index (κ2) is 5.14. The molecule has 2 amide bonds. The molecule has 1 heterocycles. The Morgan fingerprint density at radius 3 is 1.81 bits per heavy atom. The van der Waals surface area contributed by atoms with E-state index in [0.29, 0.717) is 16.7 Å². The van der Waals surface area contributed by atoms with E-state index in [1.165, 1.54) is 12.1 Å². The molecule has 0 N–H and O–H groups in total. The summed E-state index contributed by atoms with van der Waals surface area (Å²) < 4.78 is 21.7. The van der Waals surface area contributed by atoms with Crippen LogP contribution in [0.5, 0.6) is 0 Å². The monoisotopic (exact) mass is 301 g/mol. The highest BCUT2D eigenvalue weighted by Gasteiger charge is 2.34. The maximum Gasteiger partial charge on any atom is 0.261 e. The van der Waals surface area contributed by atoms with Gasteiger partial charge in [0, 0.05) is 0 Å². The number of imide groups is 1. The number of rotatable bonds is 3. The Bertz CT molecular complexity index is 766.